The van der Waals surface area contributed by atoms with Gasteiger partial charge in [0, 0.05) is 29.0 Å². The van der Waals surface area contributed by atoms with Crippen LogP contribution < -0.4 is 0 Å². The Bertz CT molecular complexity index is 757. The zero-order valence-electron chi connectivity index (χ0n) is 17.3. The molecule has 29 heavy (non-hydrogen) atoms. The zero-order valence-corrected chi connectivity index (χ0v) is 17.3. The molecule has 1 aromatic carbocycles. The van der Waals surface area contributed by atoms with E-state index in [1.54, 1.807) is 24.3 Å². The SMILES string of the molecule is C[N+]1(CC(=O)c2ccc(N=[N+]=[N-])cc2)CCC(C(=O)OCC2CCCCC2)CC1. The minimum absolute atomic E-state index is 0.0389. The molecule has 1 saturated heterocycles. The monoisotopic (exact) mass is 399 g/mol. The minimum Gasteiger partial charge on any atom is -0.465 e. The summed E-state index contributed by atoms with van der Waals surface area (Å²) in [6, 6.07) is 6.71. The Morgan fingerprint density at radius 1 is 1.10 bits per heavy atom. The molecule has 156 valence electrons. The second-order valence-electron chi connectivity index (χ2n) is 8.79. The summed E-state index contributed by atoms with van der Waals surface area (Å²) in [5.41, 5.74) is 9.58. The molecule has 1 aromatic rings. The van der Waals surface area contributed by atoms with Gasteiger partial charge >= 0.3 is 5.97 Å². The van der Waals surface area contributed by atoms with E-state index in [4.69, 9.17) is 10.3 Å². The van der Waals surface area contributed by atoms with Crippen LogP contribution in [0.4, 0.5) is 5.69 Å². The highest BCUT2D eigenvalue weighted by molar-refractivity contribution is 5.97. The fraction of sp³-hybridized carbons (Fsp3) is 0.636. The summed E-state index contributed by atoms with van der Waals surface area (Å²) in [6.07, 6.45) is 7.71. The van der Waals surface area contributed by atoms with Gasteiger partial charge in [-0.15, -0.1) is 0 Å². The number of quaternary nitrogens is 1. The van der Waals surface area contributed by atoms with Crippen molar-refractivity contribution in [1.29, 1.82) is 0 Å². The van der Waals surface area contributed by atoms with Gasteiger partial charge < -0.3 is 9.22 Å². The Morgan fingerprint density at radius 2 is 1.76 bits per heavy atom. The van der Waals surface area contributed by atoms with Gasteiger partial charge in [-0.05, 0) is 24.3 Å². The third kappa shape index (κ3) is 6.05. The Kier molecular flexibility index (Phi) is 7.29. The van der Waals surface area contributed by atoms with Crippen molar-refractivity contribution in [3.8, 4) is 0 Å². The van der Waals surface area contributed by atoms with Crippen LogP contribution in [0.15, 0.2) is 29.4 Å². The maximum atomic E-state index is 12.7. The average Bonchev–Trinajstić information content (AvgIpc) is 2.74. The van der Waals surface area contributed by atoms with E-state index < -0.39 is 0 Å². The van der Waals surface area contributed by atoms with Crippen molar-refractivity contribution in [3.63, 3.8) is 0 Å². The average molecular weight is 400 g/mol. The van der Waals surface area contributed by atoms with E-state index in [2.05, 4.69) is 17.1 Å². The number of carbonyl (C=O) groups is 2. The number of piperidine rings is 1. The molecular weight excluding hydrogens is 368 g/mol. The van der Waals surface area contributed by atoms with Gasteiger partial charge in [0.15, 0.2) is 0 Å². The number of carbonyl (C=O) groups excluding carboxylic acids is 2. The van der Waals surface area contributed by atoms with E-state index in [-0.39, 0.29) is 17.7 Å². The fourth-order valence-electron chi connectivity index (χ4n) is 4.46. The number of rotatable bonds is 7. The topological polar surface area (TPSA) is 92.1 Å². The molecule has 2 aliphatic rings. The first-order chi connectivity index (χ1) is 14.0. The van der Waals surface area contributed by atoms with Gasteiger partial charge in [0.2, 0.25) is 5.78 Å². The first-order valence-electron chi connectivity index (χ1n) is 10.7. The van der Waals surface area contributed by atoms with Gasteiger partial charge in [-0.2, -0.15) is 0 Å². The first kappa shape index (κ1) is 21.3. The second kappa shape index (κ2) is 9.90. The van der Waals surface area contributed by atoms with Gasteiger partial charge in [-0.25, -0.2) is 0 Å². The molecule has 3 rings (SSSR count). The van der Waals surface area contributed by atoms with Crippen molar-refractivity contribution in [3.05, 3.63) is 40.3 Å². The maximum absolute atomic E-state index is 12.7. The molecule has 0 unspecified atom stereocenters. The lowest BCUT2D eigenvalue weighted by atomic mass is 9.90. The van der Waals surface area contributed by atoms with Crippen LogP contribution in [0.25, 0.3) is 10.4 Å². The van der Waals surface area contributed by atoms with Crippen molar-refractivity contribution in [2.24, 2.45) is 17.0 Å². The summed E-state index contributed by atoms with van der Waals surface area (Å²) >= 11 is 0. The third-order valence-electron chi connectivity index (χ3n) is 6.43. The van der Waals surface area contributed by atoms with E-state index in [9.17, 15) is 9.59 Å². The van der Waals surface area contributed by atoms with E-state index in [0.717, 1.165) is 25.9 Å². The molecule has 7 heteroatoms. The van der Waals surface area contributed by atoms with Crippen molar-refractivity contribution in [2.75, 3.05) is 33.3 Å². The largest absolute Gasteiger partial charge is 0.465 e. The lowest BCUT2D eigenvalue weighted by Gasteiger charge is -2.39. The van der Waals surface area contributed by atoms with Crippen LogP contribution >= 0.6 is 0 Å². The maximum Gasteiger partial charge on any atom is 0.309 e. The van der Waals surface area contributed by atoms with Crippen LogP contribution in [0.1, 0.15) is 55.3 Å². The van der Waals surface area contributed by atoms with Crippen LogP contribution in [0.5, 0.6) is 0 Å². The number of ether oxygens (including phenoxy) is 1. The van der Waals surface area contributed by atoms with Crippen molar-refractivity contribution < 1.29 is 18.8 Å². The molecule has 1 aliphatic heterocycles. The van der Waals surface area contributed by atoms with Crippen LogP contribution in [0.3, 0.4) is 0 Å². The summed E-state index contributed by atoms with van der Waals surface area (Å²) < 4.78 is 6.27. The summed E-state index contributed by atoms with van der Waals surface area (Å²) in [5, 5.41) is 3.53. The smallest absolute Gasteiger partial charge is 0.309 e. The number of esters is 1. The second-order valence-corrected chi connectivity index (χ2v) is 8.79. The van der Waals surface area contributed by atoms with E-state index in [1.807, 2.05) is 0 Å². The molecule has 1 saturated carbocycles. The molecule has 0 spiro atoms. The van der Waals surface area contributed by atoms with E-state index in [0.29, 0.717) is 34.8 Å². The van der Waals surface area contributed by atoms with Crippen molar-refractivity contribution in [2.45, 2.75) is 44.9 Å². The summed E-state index contributed by atoms with van der Waals surface area (Å²) in [7, 11) is 2.08. The standard InChI is InChI=1S/C22H31N4O3/c1-26(15-21(27)18-7-9-20(10-8-18)24-25-23)13-11-19(12-14-26)22(28)29-16-17-5-3-2-4-6-17/h7-10,17,19H,2-6,11-16H2,1H3/q+1. The van der Waals surface area contributed by atoms with E-state index >= 15 is 0 Å². The van der Waals surface area contributed by atoms with Gasteiger partial charge in [-0.1, -0.05) is 48.6 Å². The number of ketones is 1. The Hall–Kier alpha value is -2.37. The summed E-state index contributed by atoms with van der Waals surface area (Å²) in [6.45, 7) is 2.58. The Balaban J connectivity index is 1.46. The molecule has 0 bridgehead atoms. The lowest BCUT2D eigenvalue weighted by molar-refractivity contribution is -0.906. The molecule has 1 aliphatic carbocycles. The number of azide groups is 1. The highest BCUT2D eigenvalue weighted by Crippen LogP contribution is 2.27. The summed E-state index contributed by atoms with van der Waals surface area (Å²) in [5.74, 6) is 0.517. The Labute approximate surface area is 172 Å². The number of likely N-dealkylation sites (N-methyl/N-ethyl adjacent to an activating group) is 1. The van der Waals surface area contributed by atoms with Gasteiger partial charge in [0.25, 0.3) is 0 Å². The molecule has 0 aromatic heterocycles. The fourth-order valence-corrected chi connectivity index (χ4v) is 4.46. The quantitative estimate of drug-likeness (QED) is 0.165. The lowest BCUT2D eigenvalue weighted by Crippen LogP contribution is -2.53. The molecule has 0 atom stereocenters. The summed E-state index contributed by atoms with van der Waals surface area (Å²) in [4.78, 5) is 27.9. The van der Waals surface area contributed by atoms with Crippen LogP contribution in [-0.4, -0.2) is 49.5 Å². The zero-order chi connectivity index (χ0) is 20.7. The highest BCUT2D eigenvalue weighted by Gasteiger charge is 2.36. The number of nitrogens with zero attached hydrogens (tertiary/aromatic N) is 4. The predicted octanol–water partition coefficient (Wildman–Crippen LogP) is 4.79. The van der Waals surface area contributed by atoms with Crippen LogP contribution in [0.2, 0.25) is 0 Å². The Morgan fingerprint density at radius 3 is 2.38 bits per heavy atom. The molecular formula is C22H31N4O3+. The molecule has 1 heterocycles. The number of hydrogen-bond acceptors (Lipinski definition) is 4. The van der Waals surface area contributed by atoms with Crippen molar-refractivity contribution >= 4 is 17.4 Å². The molecule has 2 fully saturated rings. The minimum atomic E-state index is -0.0539. The van der Waals surface area contributed by atoms with Crippen LogP contribution in [0, 0.1) is 11.8 Å². The van der Waals surface area contributed by atoms with Gasteiger partial charge in [0.05, 0.1) is 32.7 Å². The third-order valence-corrected chi connectivity index (χ3v) is 6.43. The molecule has 0 radical (unpaired) electrons. The number of likely N-dealkylation sites (tertiary alicyclic amines) is 1. The predicted molar refractivity (Wildman–Crippen MR) is 111 cm³/mol. The first-order valence-corrected chi connectivity index (χ1v) is 10.7. The molecule has 0 amide bonds. The molecule has 7 nitrogen and oxygen atoms in total. The van der Waals surface area contributed by atoms with E-state index in [1.165, 1.54) is 32.1 Å². The van der Waals surface area contributed by atoms with Gasteiger partial charge in [-0.3, -0.25) is 9.59 Å². The highest BCUT2D eigenvalue weighted by atomic mass is 16.5. The number of hydrogen-bond donors (Lipinski definition) is 0. The number of Topliss-reactive ketones (excluding diaryl/α,β-unsaturated/α-hetero) is 1. The number of benzene rings is 1. The van der Waals surface area contributed by atoms with Crippen LogP contribution in [-0.2, 0) is 9.53 Å². The molecule has 0 N–H and O–H groups in total. The van der Waals surface area contributed by atoms with Crippen molar-refractivity contribution in [1.82, 2.24) is 0 Å². The normalized spacial score (nSPS) is 25.1. The van der Waals surface area contributed by atoms with Gasteiger partial charge in [0.1, 0.15) is 6.54 Å².